The summed E-state index contributed by atoms with van der Waals surface area (Å²) in [6.07, 6.45) is 1.39. The lowest BCUT2D eigenvalue weighted by Crippen LogP contribution is -2.39. The SMILES string of the molecule is O=C(c1cc(C(F)(F)F)[nH]n1)N1CCC(Cn2cc(C3CC3)nn2)CC1. The van der Waals surface area contributed by atoms with Crippen LogP contribution in [0.15, 0.2) is 12.3 Å². The van der Waals surface area contributed by atoms with Crippen molar-refractivity contribution in [2.45, 2.75) is 44.3 Å². The van der Waals surface area contributed by atoms with E-state index in [0.717, 1.165) is 31.1 Å². The van der Waals surface area contributed by atoms with Gasteiger partial charge in [-0.05, 0) is 31.6 Å². The van der Waals surface area contributed by atoms with Crippen LogP contribution in [0.5, 0.6) is 0 Å². The van der Waals surface area contributed by atoms with Crippen molar-refractivity contribution in [3.8, 4) is 0 Å². The number of hydrogen-bond acceptors (Lipinski definition) is 4. The van der Waals surface area contributed by atoms with Gasteiger partial charge in [-0.25, -0.2) is 0 Å². The molecule has 4 rings (SSSR count). The highest BCUT2D eigenvalue weighted by atomic mass is 19.4. The van der Waals surface area contributed by atoms with E-state index in [-0.39, 0.29) is 5.69 Å². The molecule has 0 atom stereocenters. The number of amides is 1. The molecule has 2 aromatic heterocycles. The van der Waals surface area contributed by atoms with Gasteiger partial charge in [0.15, 0.2) is 5.69 Å². The molecule has 7 nitrogen and oxygen atoms in total. The molecule has 1 aliphatic carbocycles. The number of hydrogen-bond donors (Lipinski definition) is 1. The molecule has 140 valence electrons. The molecule has 2 aromatic rings. The lowest BCUT2D eigenvalue weighted by atomic mass is 9.96. The van der Waals surface area contributed by atoms with Gasteiger partial charge in [0.2, 0.25) is 0 Å². The van der Waals surface area contributed by atoms with Crippen LogP contribution in [-0.4, -0.2) is 49.1 Å². The zero-order valence-electron chi connectivity index (χ0n) is 14.0. The Morgan fingerprint density at radius 3 is 2.58 bits per heavy atom. The molecule has 0 spiro atoms. The van der Waals surface area contributed by atoms with Gasteiger partial charge in [0.1, 0.15) is 5.69 Å². The standard InChI is InChI=1S/C16H19F3N6O/c17-16(18,19)14-7-12(20-22-14)15(26)24-5-3-10(4-6-24)8-25-9-13(21-23-25)11-1-2-11/h7,9-11H,1-6,8H2,(H,20,22). The summed E-state index contributed by atoms with van der Waals surface area (Å²) in [7, 11) is 0. The molecule has 3 heterocycles. The average Bonchev–Trinajstić information content (AvgIpc) is 3.14. The number of H-pyrrole nitrogens is 1. The van der Waals surface area contributed by atoms with Crippen molar-refractivity contribution < 1.29 is 18.0 Å². The molecule has 2 aliphatic rings. The molecule has 1 N–H and O–H groups in total. The van der Waals surface area contributed by atoms with Crippen LogP contribution in [0.25, 0.3) is 0 Å². The minimum Gasteiger partial charge on any atom is -0.337 e. The first kappa shape index (κ1) is 17.0. The number of nitrogens with one attached hydrogen (secondary N) is 1. The van der Waals surface area contributed by atoms with Crippen molar-refractivity contribution in [3.63, 3.8) is 0 Å². The summed E-state index contributed by atoms with van der Waals surface area (Å²) in [5.41, 5.74) is -0.147. The lowest BCUT2D eigenvalue weighted by Gasteiger charge is -2.31. The van der Waals surface area contributed by atoms with Gasteiger partial charge in [0.25, 0.3) is 5.91 Å². The zero-order chi connectivity index (χ0) is 18.3. The fraction of sp³-hybridized carbons (Fsp3) is 0.625. The summed E-state index contributed by atoms with van der Waals surface area (Å²) in [5.74, 6) is 0.475. The fourth-order valence-corrected chi connectivity index (χ4v) is 3.29. The third-order valence-corrected chi connectivity index (χ3v) is 5.00. The van der Waals surface area contributed by atoms with Gasteiger partial charge in [-0.15, -0.1) is 5.10 Å². The first-order chi connectivity index (χ1) is 12.4. The Labute approximate surface area is 147 Å². The highest BCUT2D eigenvalue weighted by Crippen LogP contribution is 2.38. The summed E-state index contributed by atoms with van der Waals surface area (Å²) < 4.78 is 39.7. The number of halogens is 3. The predicted octanol–water partition coefficient (Wildman–Crippen LogP) is 2.45. The van der Waals surface area contributed by atoms with Crippen LogP contribution >= 0.6 is 0 Å². The minimum atomic E-state index is -4.53. The number of nitrogens with zero attached hydrogens (tertiary/aromatic N) is 5. The summed E-state index contributed by atoms with van der Waals surface area (Å²) in [4.78, 5) is 13.9. The van der Waals surface area contributed by atoms with E-state index in [1.807, 2.05) is 16.0 Å². The number of aromatic nitrogens is 5. The Balaban J connectivity index is 1.31. The molecule has 1 amide bonds. The van der Waals surface area contributed by atoms with Crippen LogP contribution in [0, 0.1) is 5.92 Å². The number of likely N-dealkylation sites (tertiary alicyclic amines) is 1. The van der Waals surface area contributed by atoms with Gasteiger partial charge in [-0.2, -0.15) is 18.3 Å². The van der Waals surface area contributed by atoms with Gasteiger partial charge in [-0.1, -0.05) is 5.21 Å². The summed E-state index contributed by atoms with van der Waals surface area (Å²) in [6, 6.07) is 0.767. The molecule has 0 unspecified atom stereocenters. The second-order valence-electron chi connectivity index (χ2n) is 7.04. The van der Waals surface area contributed by atoms with E-state index in [9.17, 15) is 18.0 Å². The minimum absolute atomic E-state index is 0.193. The smallest absolute Gasteiger partial charge is 0.337 e. The van der Waals surface area contributed by atoms with Gasteiger partial charge in [0, 0.05) is 37.8 Å². The largest absolute Gasteiger partial charge is 0.432 e. The number of carbonyl (C=O) groups is 1. The molecule has 1 saturated carbocycles. The van der Waals surface area contributed by atoms with Gasteiger partial charge < -0.3 is 4.90 Å². The van der Waals surface area contributed by atoms with E-state index in [4.69, 9.17) is 0 Å². The van der Waals surface area contributed by atoms with E-state index in [2.05, 4.69) is 15.4 Å². The number of aromatic amines is 1. The summed E-state index contributed by atoms with van der Waals surface area (Å²) in [6.45, 7) is 1.76. The molecular weight excluding hydrogens is 349 g/mol. The highest BCUT2D eigenvalue weighted by Gasteiger charge is 2.35. The van der Waals surface area contributed by atoms with Gasteiger partial charge in [-0.3, -0.25) is 14.6 Å². The van der Waals surface area contributed by atoms with E-state index in [0.29, 0.717) is 24.9 Å². The summed E-state index contributed by atoms with van der Waals surface area (Å²) >= 11 is 0. The first-order valence-electron chi connectivity index (χ1n) is 8.72. The Morgan fingerprint density at radius 2 is 1.96 bits per heavy atom. The number of piperidine rings is 1. The highest BCUT2D eigenvalue weighted by molar-refractivity contribution is 5.92. The Kier molecular flexibility index (Phi) is 4.20. The average molecular weight is 368 g/mol. The molecule has 0 aromatic carbocycles. The normalized spacial score (nSPS) is 19.1. The Hall–Kier alpha value is -2.39. The second-order valence-corrected chi connectivity index (χ2v) is 7.04. The molecular formula is C16H19F3N6O. The maximum absolute atomic E-state index is 12.6. The fourth-order valence-electron chi connectivity index (χ4n) is 3.29. The number of rotatable bonds is 4. The maximum atomic E-state index is 12.6. The van der Waals surface area contributed by atoms with E-state index < -0.39 is 17.8 Å². The van der Waals surface area contributed by atoms with E-state index in [1.165, 1.54) is 12.8 Å². The van der Waals surface area contributed by atoms with E-state index >= 15 is 0 Å². The Bertz CT molecular complexity index is 786. The molecule has 0 radical (unpaired) electrons. The zero-order valence-corrected chi connectivity index (χ0v) is 14.0. The van der Waals surface area contributed by atoms with Crippen molar-refractivity contribution in [1.29, 1.82) is 0 Å². The predicted molar refractivity (Wildman–Crippen MR) is 84.2 cm³/mol. The van der Waals surface area contributed by atoms with Crippen molar-refractivity contribution in [2.75, 3.05) is 13.1 Å². The molecule has 2 fully saturated rings. The van der Waals surface area contributed by atoms with E-state index in [1.54, 1.807) is 4.90 Å². The first-order valence-corrected chi connectivity index (χ1v) is 8.72. The molecule has 1 saturated heterocycles. The Morgan fingerprint density at radius 1 is 1.23 bits per heavy atom. The maximum Gasteiger partial charge on any atom is 0.432 e. The number of carbonyl (C=O) groups excluding carboxylic acids is 1. The molecule has 0 bridgehead atoms. The van der Waals surface area contributed by atoms with Crippen LogP contribution in [0.2, 0.25) is 0 Å². The van der Waals surface area contributed by atoms with Crippen molar-refractivity contribution >= 4 is 5.91 Å². The third kappa shape index (κ3) is 3.58. The van der Waals surface area contributed by atoms with Crippen LogP contribution < -0.4 is 0 Å². The van der Waals surface area contributed by atoms with Gasteiger partial charge >= 0.3 is 6.18 Å². The van der Waals surface area contributed by atoms with Gasteiger partial charge in [0.05, 0.1) is 5.69 Å². The third-order valence-electron chi connectivity index (χ3n) is 5.00. The van der Waals surface area contributed by atoms with Crippen LogP contribution in [-0.2, 0) is 12.7 Å². The summed E-state index contributed by atoms with van der Waals surface area (Å²) in [5, 5.41) is 13.8. The van der Waals surface area contributed by atoms with Crippen LogP contribution in [0.3, 0.4) is 0 Å². The quantitative estimate of drug-likeness (QED) is 0.899. The molecule has 1 aliphatic heterocycles. The number of alkyl halides is 3. The van der Waals surface area contributed by atoms with Crippen LogP contribution in [0.1, 0.15) is 53.5 Å². The lowest BCUT2D eigenvalue weighted by molar-refractivity contribution is -0.141. The second kappa shape index (κ2) is 6.40. The van der Waals surface area contributed by atoms with Crippen molar-refractivity contribution in [2.24, 2.45) is 5.92 Å². The topological polar surface area (TPSA) is 79.7 Å². The van der Waals surface area contributed by atoms with Crippen molar-refractivity contribution in [3.05, 3.63) is 29.3 Å². The van der Waals surface area contributed by atoms with Crippen molar-refractivity contribution in [1.82, 2.24) is 30.1 Å². The molecule has 10 heteroatoms. The van der Waals surface area contributed by atoms with Crippen LogP contribution in [0.4, 0.5) is 13.2 Å². The monoisotopic (exact) mass is 368 g/mol. The molecule has 26 heavy (non-hydrogen) atoms.